The fourth-order valence-electron chi connectivity index (χ4n) is 1.25. The fourth-order valence-corrected chi connectivity index (χ4v) is 2.19. The number of sulfone groups is 1. The van der Waals surface area contributed by atoms with Crippen molar-refractivity contribution in [3.05, 3.63) is 29.8 Å². The van der Waals surface area contributed by atoms with E-state index in [1.807, 2.05) is 0 Å². The first kappa shape index (κ1) is 12.5. The van der Waals surface area contributed by atoms with Crippen LogP contribution in [0.5, 0.6) is 0 Å². The summed E-state index contributed by atoms with van der Waals surface area (Å²) < 4.78 is 27.2. The lowest BCUT2D eigenvalue weighted by Crippen LogP contribution is -2.23. The topological polar surface area (TPSA) is 72.5 Å². The molecule has 0 aliphatic carbocycles. The second-order valence-corrected chi connectivity index (χ2v) is 5.21. The predicted octanol–water partition coefficient (Wildman–Crippen LogP) is 0.946. The van der Waals surface area contributed by atoms with Gasteiger partial charge in [0.25, 0.3) is 0 Å². The summed E-state index contributed by atoms with van der Waals surface area (Å²) in [5.41, 5.74) is 0.537. The van der Waals surface area contributed by atoms with Gasteiger partial charge in [0.2, 0.25) is 0 Å². The van der Waals surface area contributed by atoms with Crippen molar-refractivity contribution in [2.24, 2.45) is 0 Å². The van der Waals surface area contributed by atoms with Crippen LogP contribution < -0.4 is 5.32 Å². The lowest BCUT2D eigenvalue weighted by Gasteiger charge is -2.08. The van der Waals surface area contributed by atoms with Gasteiger partial charge in [-0.05, 0) is 11.6 Å². The van der Waals surface area contributed by atoms with Crippen LogP contribution in [0, 0.1) is 0 Å². The van der Waals surface area contributed by atoms with Crippen LogP contribution in [0.2, 0.25) is 0 Å². The summed E-state index contributed by atoms with van der Waals surface area (Å²) in [4.78, 5) is 11.1. The number of carbonyl (C=O) groups is 1. The smallest absolute Gasteiger partial charge is 0.407 e. The third kappa shape index (κ3) is 3.23. The average molecular weight is 243 g/mol. The number of methoxy groups -OCH3 is 1. The molecule has 6 heteroatoms. The molecule has 1 aromatic carbocycles. The Morgan fingerprint density at radius 2 is 2.00 bits per heavy atom. The maximum Gasteiger partial charge on any atom is 0.407 e. The minimum Gasteiger partial charge on any atom is -0.453 e. The van der Waals surface area contributed by atoms with Gasteiger partial charge in [-0.3, -0.25) is 0 Å². The monoisotopic (exact) mass is 243 g/mol. The second kappa shape index (κ2) is 4.98. The van der Waals surface area contributed by atoms with Gasteiger partial charge in [0.15, 0.2) is 9.84 Å². The van der Waals surface area contributed by atoms with Gasteiger partial charge in [-0.25, -0.2) is 13.2 Å². The Labute approximate surface area is 94.3 Å². The molecule has 0 saturated carbocycles. The number of carbonyl (C=O) groups excluding carboxylic acids is 1. The van der Waals surface area contributed by atoms with E-state index >= 15 is 0 Å². The summed E-state index contributed by atoms with van der Waals surface area (Å²) in [5, 5.41) is 2.44. The zero-order valence-corrected chi connectivity index (χ0v) is 9.87. The van der Waals surface area contributed by atoms with Crippen molar-refractivity contribution in [3.63, 3.8) is 0 Å². The van der Waals surface area contributed by atoms with Crippen LogP contribution in [0.1, 0.15) is 5.56 Å². The van der Waals surface area contributed by atoms with Crippen LogP contribution in [0.15, 0.2) is 29.2 Å². The van der Waals surface area contributed by atoms with Crippen molar-refractivity contribution >= 4 is 15.9 Å². The first-order valence-electron chi connectivity index (χ1n) is 4.55. The van der Waals surface area contributed by atoms with E-state index in [1.165, 1.54) is 13.2 Å². The van der Waals surface area contributed by atoms with E-state index in [1.54, 1.807) is 18.2 Å². The Hall–Kier alpha value is -1.56. The number of rotatable bonds is 3. The Bertz CT molecular complexity index is 481. The van der Waals surface area contributed by atoms with Crippen molar-refractivity contribution in [1.82, 2.24) is 5.32 Å². The Balaban J connectivity index is 2.93. The molecular formula is C10H13NO4S. The second-order valence-electron chi connectivity index (χ2n) is 3.23. The standard InChI is InChI=1S/C10H13NO4S/c1-15-10(12)11-7-8-5-3-4-6-9(8)16(2,13)14/h3-6H,7H2,1-2H3,(H,11,12). The molecule has 1 N–H and O–H groups in total. The third-order valence-electron chi connectivity index (χ3n) is 1.98. The Kier molecular flexibility index (Phi) is 3.89. The maximum atomic E-state index is 11.4. The number of amides is 1. The van der Waals surface area contributed by atoms with Gasteiger partial charge in [-0.2, -0.15) is 0 Å². The summed E-state index contributed by atoms with van der Waals surface area (Å²) >= 11 is 0. The molecule has 0 heterocycles. The highest BCUT2D eigenvalue weighted by Gasteiger charge is 2.12. The molecule has 1 rings (SSSR count). The zero-order valence-electron chi connectivity index (χ0n) is 9.06. The van der Waals surface area contributed by atoms with E-state index in [4.69, 9.17) is 0 Å². The quantitative estimate of drug-likeness (QED) is 0.857. The van der Waals surface area contributed by atoms with Gasteiger partial charge in [0.05, 0.1) is 12.0 Å². The summed E-state index contributed by atoms with van der Waals surface area (Å²) in [6, 6.07) is 6.50. The summed E-state index contributed by atoms with van der Waals surface area (Å²) in [7, 11) is -2.03. The molecule has 0 atom stereocenters. The molecule has 0 unspecified atom stereocenters. The number of benzene rings is 1. The highest BCUT2D eigenvalue weighted by atomic mass is 32.2. The van der Waals surface area contributed by atoms with Crippen molar-refractivity contribution in [2.75, 3.05) is 13.4 Å². The van der Waals surface area contributed by atoms with Crippen LogP contribution in [-0.2, 0) is 21.1 Å². The maximum absolute atomic E-state index is 11.4. The van der Waals surface area contributed by atoms with Gasteiger partial charge in [-0.15, -0.1) is 0 Å². The molecule has 0 fully saturated rings. The van der Waals surface area contributed by atoms with Gasteiger partial charge in [0, 0.05) is 12.8 Å². The van der Waals surface area contributed by atoms with Crippen LogP contribution in [0.25, 0.3) is 0 Å². The van der Waals surface area contributed by atoms with Crippen molar-refractivity contribution in [3.8, 4) is 0 Å². The molecule has 1 amide bonds. The molecule has 88 valence electrons. The summed E-state index contributed by atoms with van der Waals surface area (Å²) in [6.07, 6.45) is 0.535. The minimum absolute atomic E-state index is 0.121. The molecular weight excluding hydrogens is 230 g/mol. The van der Waals surface area contributed by atoms with Crippen molar-refractivity contribution in [1.29, 1.82) is 0 Å². The minimum atomic E-state index is -3.28. The average Bonchev–Trinajstić information content (AvgIpc) is 2.25. The lowest BCUT2D eigenvalue weighted by molar-refractivity contribution is 0.170. The molecule has 0 aromatic heterocycles. The number of ether oxygens (including phenoxy) is 1. The molecule has 0 aliphatic heterocycles. The van der Waals surface area contributed by atoms with E-state index in [2.05, 4.69) is 10.1 Å². The van der Waals surface area contributed by atoms with E-state index in [0.717, 1.165) is 6.26 Å². The van der Waals surface area contributed by atoms with Crippen molar-refractivity contribution < 1.29 is 17.9 Å². The first-order valence-corrected chi connectivity index (χ1v) is 6.44. The summed E-state index contributed by atoms with van der Waals surface area (Å²) in [6.45, 7) is 0.121. The van der Waals surface area contributed by atoms with E-state index in [-0.39, 0.29) is 11.4 Å². The van der Waals surface area contributed by atoms with Crippen molar-refractivity contribution in [2.45, 2.75) is 11.4 Å². The molecule has 0 spiro atoms. The molecule has 1 aromatic rings. The highest BCUT2D eigenvalue weighted by molar-refractivity contribution is 7.90. The van der Waals surface area contributed by atoms with Crippen LogP contribution in [0.4, 0.5) is 4.79 Å². The SMILES string of the molecule is COC(=O)NCc1ccccc1S(C)(=O)=O. The summed E-state index contributed by atoms with van der Waals surface area (Å²) in [5.74, 6) is 0. The molecule has 0 saturated heterocycles. The Morgan fingerprint density at radius 1 is 1.38 bits per heavy atom. The third-order valence-corrected chi connectivity index (χ3v) is 3.18. The predicted molar refractivity (Wildman–Crippen MR) is 58.8 cm³/mol. The molecule has 0 aliphatic rings. The highest BCUT2D eigenvalue weighted by Crippen LogP contribution is 2.14. The van der Waals surface area contributed by atoms with Gasteiger partial charge >= 0.3 is 6.09 Å². The number of nitrogens with one attached hydrogen (secondary N) is 1. The Morgan fingerprint density at radius 3 is 2.56 bits per heavy atom. The fraction of sp³-hybridized carbons (Fsp3) is 0.300. The molecule has 0 radical (unpaired) electrons. The number of hydrogen-bond acceptors (Lipinski definition) is 4. The lowest BCUT2D eigenvalue weighted by atomic mass is 10.2. The molecule has 5 nitrogen and oxygen atoms in total. The van der Waals surface area contributed by atoms with Gasteiger partial charge in [-0.1, -0.05) is 18.2 Å². The largest absolute Gasteiger partial charge is 0.453 e. The van der Waals surface area contributed by atoms with Crippen LogP contribution in [-0.4, -0.2) is 27.9 Å². The van der Waals surface area contributed by atoms with Crippen LogP contribution >= 0.6 is 0 Å². The number of hydrogen-bond donors (Lipinski definition) is 1. The van der Waals surface area contributed by atoms with E-state index in [0.29, 0.717) is 5.56 Å². The van der Waals surface area contributed by atoms with E-state index < -0.39 is 15.9 Å². The van der Waals surface area contributed by atoms with Crippen LogP contribution in [0.3, 0.4) is 0 Å². The zero-order chi connectivity index (χ0) is 12.2. The van der Waals surface area contributed by atoms with Gasteiger partial charge in [0.1, 0.15) is 0 Å². The first-order chi connectivity index (χ1) is 7.45. The molecule has 0 bridgehead atoms. The van der Waals surface area contributed by atoms with Gasteiger partial charge < -0.3 is 10.1 Å². The molecule has 16 heavy (non-hydrogen) atoms. The number of alkyl carbamates (subject to hydrolysis) is 1. The van der Waals surface area contributed by atoms with E-state index in [9.17, 15) is 13.2 Å². The normalized spacial score (nSPS) is 10.9.